The van der Waals surface area contributed by atoms with E-state index in [2.05, 4.69) is 10.1 Å². The number of carbonyl (C=O) groups is 1. The van der Waals surface area contributed by atoms with Crippen molar-refractivity contribution < 1.29 is 14.4 Å². The maximum Gasteiger partial charge on any atom is 0.317 e. The molecule has 1 aliphatic rings. The molecule has 0 atom stereocenters. The van der Waals surface area contributed by atoms with Crippen molar-refractivity contribution in [2.75, 3.05) is 13.1 Å². The Morgan fingerprint density at radius 2 is 2.38 bits per heavy atom. The minimum Gasteiger partial charge on any atom is -0.480 e. The Kier molecular flexibility index (Phi) is 3.19. The molecule has 0 bridgehead atoms. The minimum atomic E-state index is -0.844. The third-order valence-corrected chi connectivity index (χ3v) is 2.59. The van der Waals surface area contributed by atoms with Crippen LogP contribution in [0.15, 0.2) is 4.52 Å². The number of carboxylic acids is 1. The van der Waals surface area contributed by atoms with E-state index in [4.69, 9.17) is 9.63 Å². The highest BCUT2D eigenvalue weighted by Gasteiger charge is 2.28. The highest BCUT2D eigenvalue weighted by atomic mass is 16.5. The number of aromatic nitrogens is 2. The zero-order valence-corrected chi connectivity index (χ0v) is 9.22. The molecule has 1 saturated carbocycles. The largest absolute Gasteiger partial charge is 0.480 e. The van der Waals surface area contributed by atoms with E-state index in [1.54, 1.807) is 4.90 Å². The summed E-state index contributed by atoms with van der Waals surface area (Å²) < 4.78 is 5.08. The number of likely N-dealkylation sites (N-methyl/N-ethyl adjacent to an activating group) is 1. The lowest BCUT2D eigenvalue weighted by Crippen LogP contribution is -2.29. The molecule has 2 rings (SSSR count). The van der Waals surface area contributed by atoms with Gasteiger partial charge in [-0.1, -0.05) is 12.1 Å². The van der Waals surface area contributed by atoms with Crippen LogP contribution in [0.3, 0.4) is 0 Å². The summed E-state index contributed by atoms with van der Waals surface area (Å²) in [6.45, 7) is 2.95. The van der Waals surface area contributed by atoms with E-state index >= 15 is 0 Å². The number of hydrogen-bond acceptors (Lipinski definition) is 5. The molecule has 0 spiro atoms. The lowest BCUT2D eigenvalue weighted by Gasteiger charge is -2.14. The summed E-state index contributed by atoms with van der Waals surface area (Å²) in [5, 5.41) is 12.6. The standard InChI is InChI=1S/C10H15N3O3/c1-2-13(6-9(14)15)5-8-11-10(12-16-8)7-3-4-7/h7H,2-6H2,1H3,(H,14,15). The summed E-state index contributed by atoms with van der Waals surface area (Å²) in [5.41, 5.74) is 0. The van der Waals surface area contributed by atoms with Crippen LogP contribution in [0.2, 0.25) is 0 Å². The Morgan fingerprint density at radius 1 is 1.62 bits per heavy atom. The summed E-state index contributed by atoms with van der Waals surface area (Å²) in [4.78, 5) is 16.6. The zero-order chi connectivity index (χ0) is 11.5. The monoisotopic (exact) mass is 225 g/mol. The normalized spacial score (nSPS) is 15.6. The Hall–Kier alpha value is -1.43. The molecule has 1 fully saturated rings. The van der Waals surface area contributed by atoms with Crippen molar-refractivity contribution in [3.63, 3.8) is 0 Å². The van der Waals surface area contributed by atoms with Gasteiger partial charge in [0.2, 0.25) is 5.89 Å². The second kappa shape index (κ2) is 4.61. The predicted molar refractivity (Wildman–Crippen MR) is 54.9 cm³/mol. The smallest absolute Gasteiger partial charge is 0.317 e. The zero-order valence-electron chi connectivity index (χ0n) is 9.22. The molecule has 1 aliphatic carbocycles. The molecular weight excluding hydrogens is 210 g/mol. The van der Waals surface area contributed by atoms with Gasteiger partial charge >= 0.3 is 5.97 Å². The summed E-state index contributed by atoms with van der Waals surface area (Å²) in [7, 11) is 0. The number of nitrogens with zero attached hydrogens (tertiary/aromatic N) is 3. The second-order valence-corrected chi connectivity index (χ2v) is 4.02. The molecule has 0 aliphatic heterocycles. The van der Waals surface area contributed by atoms with E-state index in [9.17, 15) is 4.79 Å². The van der Waals surface area contributed by atoms with Gasteiger partial charge in [-0.05, 0) is 19.4 Å². The molecule has 0 radical (unpaired) electrons. The first-order valence-electron chi connectivity index (χ1n) is 5.45. The van der Waals surface area contributed by atoms with Gasteiger partial charge in [0, 0.05) is 5.92 Å². The van der Waals surface area contributed by atoms with Gasteiger partial charge < -0.3 is 9.63 Å². The number of rotatable bonds is 6. The lowest BCUT2D eigenvalue weighted by atomic mass is 10.4. The molecule has 16 heavy (non-hydrogen) atoms. The Bertz CT molecular complexity index is 373. The van der Waals surface area contributed by atoms with Gasteiger partial charge in [0.15, 0.2) is 5.82 Å². The van der Waals surface area contributed by atoms with Crippen LogP contribution >= 0.6 is 0 Å². The van der Waals surface area contributed by atoms with Crippen molar-refractivity contribution >= 4 is 5.97 Å². The van der Waals surface area contributed by atoms with Crippen LogP contribution < -0.4 is 0 Å². The highest BCUT2D eigenvalue weighted by molar-refractivity contribution is 5.69. The summed E-state index contributed by atoms with van der Waals surface area (Å²) in [5.74, 6) is 0.891. The molecule has 1 aromatic heterocycles. The average Bonchev–Trinajstić information content (AvgIpc) is 2.98. The van der Waals surface area contributed by atoms with Crippen molar-refractivity contribution in [1.82, 2.24) is 15.0 Å². The maximum absolute atomic E-state index is 10.6. The van der Waals surface area contributed by atoms with Crippen molar-refractivity contribution in [2.24, 2.45) is 0 Å². The Balaban J connectivity index is 1.92. The molecule has 1 heterocycles. The van der Waals surface area contributed by atoms with Crippen LogP contribution in [-0.4, -0.2) is 39.2 Å². The molecule has 1 N–H and O–H groups in total. The van der Waals surface area contributed by atoms with Gasteiger partial charge in [-0.25, -0.2) is 0 Å². The molecule has 0 aromatic carbocycles. The first-order valence-corrected chi connectivity index (χ1v) is 5.45. The SMILES string of the molecule is CCN(CC(=O)O)Cc1nc(C2CC2)no1. The number of hydrogen-bond donors (Lipinski definition) is 1. The van der Waals surface area contributed by atoms with Gasteiger partial charge in [0.05, 0.1) is 13.1 Å². The van der Waals surface area contributed by atoms with Gasteiger partial charge in [0.25, 0.3) is 0 Å². The summed E-state index contributed by atoms with van der Waals surface area (Å²) in [6.07, 6.45) is 2.26. The fourth-order valence-electron chi connectivity index (χ4n) is 1.50. The molecule has 6 heteroatoms. The van der Waals surface area contributed by atoms with E-state index in [0.29, 0.717) is 24.9 Å². The van der Waals surface area contributed by atoms with Crippen LogP contribution in [0.1, 0.15) is 37.4 Å². The quantitative estimate of drug-likeness (QED) is 0.773. The van der Waals surface area contributed by atoms with E-state index < -0.39 is 5.97 Å². The van der Waals surface area contributed by atoms with Crippen molar-refractivity contribution in [3.8, 4) is 0 Å². The van der Waals surface area contributed by atoms with Gasteiger partial charge in [0.1, 0.15) is 0 Å². The molecule has 0 saturated heterocycles. The third kappa shape index (κ3) is 2.79. The van der Waals surface area contributed by atoms with Gasteiger partial charge in [-0.15, -0.1) is 0 Å². The molecule has 0 amide bonds. The summed E-state index contributed by atoms with van der Waals surface area (Å²) in [6, 6.07) is 0. The first kappa shape index (κ1) is 11.1. The molecule has 1 aromatic rings. The van der Waals surface area contributed by atoms with E-state index in [-0.39, 0.29) is 6.54 Å². The topological polar surface area (TPSA) is 79.5 Å². The van der Waals surface area contributed by atoms with Crippen molar-refractivity contribution in [2.45, 2.75) is 32.2 Å². The van der Waals surface area contributed by atoms with Crippen molar-refractivity contribution in [3.05, 3.63) is 11.7 Å². The van der Waals surface area contributed by atoms with Crippen LogP contribution in [0, 0.1) is 0 Å². The van der Waals surface area contributed by atoms with Crippen molar-refractivity contribution in [1.29, 1.82) is 0 Å². The van der Waals surface area contributed by atoms with Crippen LogP contribution in [-0.2, 0) is 11.3 Å². The number of carboxylic acid groups (broad SMARTS) is 1. The minimum absolute atomic E-state index is 0.00234. The van der Waals surface area contributed by atoms with Crippen LogP contribution in [0.5, 0.6) is 0 Å². The molecule has 88 valence electrons. The van der Waals surface area contributed by atoms with Crippen LogP contribution in [0.4, 0.5) is 0 Å². The fourth-order valence-corrected chi connectivity index (χ4v) is 1.50. The Morgan fingerprint density at radius 3 is 2.94 bits per heavy atom. The number of aliphatic carboxylic acids is 1. The first-order chi connectivity index (χ1) is 7.69. The Labute approximate surface area is 93.2 Å². The molecule has 6 nitrogen and oxygen atoms in total. The highest BCUT2D eigenvalue weighted by Crippen LogP contribution is 2.38. The summed E-state index contributed by atoms with van der Waals surface area (Å²) >= 11 is 0. The third-order valence-electron chi connectivity index (χ3n) is 2.59. The van der Waals surface area contributed by atoms with E-state index in [1.165, 1.54) is 0 Å². The van der Waals surface area contributed by atoms with E-state index in [0.717, 1.165) is 18.7 Å². The molecular formula is C10H15N3O3. The van der Waals surface area contributed by atoms with Gasteiger partial charge in [-0.2, -0.15) is 4.98 Å². The molecule has 0 unspecified atom stereocenters. The second-order valence-electron chi connectivity index (χ2n) is 4.02. The van der Waals surface area contributed by atoms with Gasteiger partial charge in [-0.3, -0.25) is 9.69 Å². The lowest BCUT2D eigenvalue weighted by molar-refractivity contribution is -0.138. The predicted octanol–water partition coefficient (Wildman–Crippen LogP) is 0.853. The van der Waals surface area contributed by atoms with E-state index in [1.807, 2.05) is 6.92 Å². The average molecular weight is 225 g/mol. The van der Waals surface area contributed by atoms with Crippen LogP contribution in [0.25, 0.3) is 0 Å². The maximum atomic E-state index is 10.6. The fraction of sp³-hybridized carbons (Fsp3) is 0.700.